The molecule has 2 rings (SSSR count). The normalized spacial score (nSPS) is 17.4. The zero-order valence-electron chi connectivity index (χ0n) is 10.9. The van der Waals surface area contributed by atoms with Gasteiger partial charge in [0.1, 0.15) is 11.6 Å². The molecule has 1 aromatic rings. The molecule has 20 heavy (non-hydrogen) atoms. The van der Waals surface area contributed by atoms with Crippen molar-refractivity contribution in [3.63, 3.8) is 0 Å². The molecule has 0 radical (unpaired) electrons. The van der Waals surface area contributed by atoms with Gasteiger partial charge in [-0.2, -0.15) is 5.48 Å². The first-order chi connectivity index (χ1) is 9.51. The molecule has 1 saturated heterocycles. The molecule has 0 aromatic heterocycles. The van der Waals surface area contributed by atoms with E-state index >= 15 is 0 Å². The van der Waals surface area contributed by atoms with Gasteiger partial charge < -0.3 is 20.6 Å². The van der Waals surface area contributed by atoms with Crippen molar-refractivity contribution in [2.75, 3.05) is 7.11 Å². The zero-order chi connectivity index (χ0) is 14.8. The summed E-state index contributed by atoms with van der Waals surface area (Å²) in [4.78, 5) is 24.0. The summed E-state index contributed by atoms with van der Waals surface area (Å²) in [6, 6.07) is 6.83. The lowest BCUT2D eigenvalue weighted by Crippen LogP contribution is -2.70. The minimum absolute atomic E-state index is 0.0154. The molecule has 0 bridgehead atoms. The standard InChI is InChI=1S/C13H15N3O4/c1-8-14-11(17)13(16-19,12(18)15-8)7-9-3-5-10(20-2)6-4-9/h3-6,16,19H,1,7H2,2H3,(H,14,17)(H,15,18). The first-order valence-corrected chi connectivity index (χ1v) is 5.88. The van der Waals surface area contributed by atoms with Crippen LogP contribution < -0.4 is 20.9 Å². The molecule has 4 N–H and O–H groups in total. The molecule has 0 atom stereocenters. The van der Waals surface area contributed by atoms with E-state index in [0.29, 0.717) is 11.3 Å². The van der Waals surface area contributed by atoms with Crippen molar-refractivity contribution in [1.82, 2.24) is 16.1 Å². The molecule has 1 aliphatic rings. The van der Waals surface area contributed by atoms with E-state index in [1.807, 2.05) is 5.48 Å². The molecular formula is C13H15N3O4. The van der Waals surface area contributed by atoms with E-state index in [2.05, 4.69) is 17.2 Å². The number of carbonyl (C=O) groups excluding carboxylic acids is 2. The monoisotopic (exact) mass is 277 g/mol. The van der Waals surface area contributed by atoms with Crippen molar-refractivity contribution in [2.24, 2.45) is 0 Å². The fraction of sp³-hybridized carbons (Fsp3) is 0.231. The molecule has 1 fully saturated rings. The van der Waals surface area contributed by atoms with Crippen LogP contribution in [0.3, 0.4) is 0 Å². The Kier molecular flexibility index (Phi) is 3.73. The summed E-state index contributed by atoms with van der Waals surface area (Å²) in [7, 11) is 1.54. The van der Waals surface area contributed by atoms with Crippen LogP contribution in [0.2, 0.25) is 0 Å². The molecular weight excluding hydrogens is 262 g/mol. The Hall–Kier alpha value is -2.38. The second-order valence-corrected chi connectivity index (χ2v) is 4.43. The quantitative estimate of drug-likeness (QED) is 0.446. The number of hydrogen-bond acceptors (Lipinski definition) is 5. The zero-order valence-corrected chi connectivity index (χ0v) is 10.9. The highest BCUT2D eigenvalue weighted by molar-refractivity contribution is 6.13. The van der Waals surface area contributed by atoms with Crippen LogP contribution in [0.4, 0.5) is 0 Å². The summed E-state index contributed by atoms with van der Waals surface area (Å²) >= 11 is 0. The van der Waals surface area contributed by atoms with Crippen LogP contribution in [0.1, 0.15) is 5.56 Å². The summed E-state index contributed by atoms with van der Waals surface area (Å²) in [6.45, 7) is 3.45. The number of amides is 2. The number of hydroxylamine groups is 1. The van der Waals surface area contributed by atoms with Crippen molar-refractivity contribution >= 4 is 11.8 Å². The highest BCUT2D eigenvalue weighted by Crippen LogP contribution is 2.20. The predicted octanol–water partition coefficient (Wildman–Crippen LogP) is -0.327. The molecule has 106 valence electrons. The van der Waals surface area contributed by atoms with Gasteiger partial charge in [0, 0.05) is 6.42 Å². The van der Waals surface area contributed by atoms with Crippen molar-refractivity contribution in [2.45, 2.75) is 12.0 Å². The van der Waals surface area contributed by atoms with Gasteiger partial charge in [-0.25, -0.2) is 0 Å². The Morgan fingerprint density at radius 1 is 1.25 bits per heavy atom. The number of nitrogens with one attached hydrogen (secondary N) is 3. The number of benzene rings is 1. The van der Waals surface area contributed by atoms with Crippen molar-refractivity contribution in [3.05, 3.63) is 42.2 Å². The average Bonchev–Trinajstić information content (AvgIpc) is 2.43. The van der Waals surface area contributed by atoms with Gasteiger partial charge in [-0.15, -0.1) is 0 Å². The molecule has 0 aliphatic carbocycles. The molecule has 1 heterocycles. The van der Waals surface area contributed by atoms with Crippen LogP contribution >= 0.6 is 0 Å². The summed E-state index contributed by atoms with van der Waals surface area (Å²) in [5.74, 6) is -0.583. The van der Waals surface area contributed by atoms with Gasteiger partial charge in [0.25, 0.3) is 11.8 Å². The Morgan fingerprint density at radius 3 is 2.25 bits per heavy atom. The summed E-state index contributed by atoms with van der Waals surface area (Å²) in [5.41, 5.74) is 0.722. The lowest BCUT2D eigenvalue weighted by Gasteiger charge is -2.34. The Bertz CT molecular complexity index is 533. The van der Waals surface area contributed by atoms with Gasteiger partial charge in [-0.05, 0) is 17.7 Å². The van der Waals surface area contributed by atoms with E-state index in [0.717, 1.165) is 0 Å². The Balaban J connectivity index is 2.28. The predicted molar refractivity (Wildman–Crippen MR) is 69.8 cm³/mol. The minimum atomic E-state index is -1.78. The van der Waals surface area contributed by atoms with Crippen LogP contribution in [0.15, 0.2) is 36.7 Å². The second-order valence-electron chi connectivity index (χ2n) is 4.43. The van der Waals surface area contributed by atoms with Crippen molar-refractivity contribution in [3.8, 4) is 5.75 Å². The van der Waals surface area contributed by atoms with Crippen LogP contribution in [0.25, 0.3) is 0 Å². The van der Waals surface area contributed by atoms with Crippen LogP contribution in [-0.4, -0.2) is 29.7 Å². The minimum Gasteiger partial charge on any atom is -0.497 e. The van der Waals surface area contributed by atoms with E-state index in [-0.39, 0.29) is 12.2 Å². The molecule has 1 aliphatic heterocycles. The smallest absolute Gasteiger partial charge is 0.258 e. The summed E-state index contributed by atoms with van der Waals surface area (Å²) in [6.07, 6.45) is -0.0154. The van der Waals surface area contributed by atoms with E-state index in [4.69, 9.17) is 4.74 Å². The molecule has 0 unspecified atom stereocenters. The largest absolute Gasteiger partial charge is 0.497 e. The number of ether oxygens (including phenoxy) is 1. The van der Waals surface area contributed by atoms with Crippen LogP contribution in [-0.2, 0) is 16.0 Å². The highest BCUT2D eigenvalue weighted by atomic mass is 16.5. The third-order valence-electron chi connectivity index (χ3n) is 3.12. The van der Waals surface area contributed by atoms with E-state index in [9.17, 15) is 14.8 Å². The van der Waals surface area contributed by atoms with E-state index in [1.165, 1.54) is 0 Å². The van der Waals surface area contributed by atoms with Crippen LogP contribution in [0.5, 0.6) is 5.75 Å². The molecule has 0 spiro atoms. The molecule has 2 amide bonds. The maximum atomic E-state index is 12.0. The average molecular weight is 277 g/mol. The third kappa shape index (κ3) is 2.36. The number of carbonyl (C=O) groups is 2. The van der Waals surface area contributed by atoms with Crippen molar-refractivity contribution in [1.29, 1.82) is 0 Å². The van der Waals surface area contributed by atoms with E-state index in [1.54, 1.807) is 31.4 Å². The highest BCUT2D eigenvalue weighted by Gasteiger charge is 2.49. The third-order valence-corrected chi connectivity index (χ3v) is 3.12. The first-order valence-electron chi connectivity index (χ1n) is 5.88. The van der Waals surface area contributed by atoms with Crippen LogP contribution in [0, 0.1) is 0 Å². The van der Waals surface area contributed by atoms with E-state index < -0.39 is 17.4 Å². The van der Waals surface area contributed by atoms with Gasteiger partial charge >= 0.3 is 0 Å². The molecule has 0 saturated carbocycles. The number of hydrogen-bond donors (Lipinski definition) is 4. The van der Waals surface area contributed by atoms with Gasteiger partial charge in [0.15, 0.2) is 0 Å². The topological polar surface area (TPSA) is 99.7 Å². The molecule has 7 nitrogen and oxygen atoms in total. The van der Waals surface area contributed by atoms with Gasteiger partial charge in [0.2, 0.25) is 5.54 Å². The first kappa shape index (κ1) is 14.0. The maximum Gasteiger partial charge on any atom is 0.258 e. The lowest BCUT2D eigenvalue weighted by atomic mass is 9.88. The fourth-order valence-corrected chi connectivity index (χ4v) is 1.97. The lowest BCUT2D eigenvalue weighted by molar-refractivity contribution is -0.146. The fourth-order valence-electron chi connectivity index (χ4n) is 1.97. The Morgan fingerprint density at radius 2 is 1.80 bits per heavy atom. The molecule has 1 aromatic carbocycles. The molecule has 7 heteroatoms. The SMILES string of the molecule is C=C1NC(=O)C(Cc2ccc(OC)cc2)(NO)C(=O)N1. The van der Waals surface area contributed by atoms with Gasteiger partial charge in [-0.1, -0.05) is 18.7 Å². The second kappa shape index (κ2) is 5.32. The maximum absolute atomic E-state index is 12.0. The summed E-state index contributed by atoms with van der Waals surface area (Å²) < 4.78 is 5.03. The van der Waals surface area contributed by atoms with Gasteiger partial charge in [0.05, 0.1) is 7.11 Å². The van der Waals surface area contributed by atoms with Gasteiger partial charge in [-0.3, -0.25) is 9.59 Å². The number of methoxy groups -OCH3 is 1. The van der Waals surface area contributed by atoms with Crippen molar-refractivity contribution < 1.29 is 19.5 Å². The Labute approximate surface area is 115 Å². The number of rotatable bonds is 4. The summed E-state index contributed by atoms with van der Waals surface area (Å²) in [5, 5.41) is 14.1.